The smallest absolute Gasteiger partial charge is 0.192 e. The highest BCUT2D eigenvalue weighted by molar-refractivity contribution is 5.77. The first-order valence-corrected chi connectivity index (χ1v) is 6.07. The van der Waals surface area contributed by atoms with Crippen LogP contribution >= 0.6 is 0 Å². The molecule has 17 heavy (non-hydrogen) atoms. The van der Waals surface area contributed by atoms with Crippen LogP contribution in [0.25, 0.3) is 11.1 Å². The molecule has 4 heteroatoms. The molecule has 0 amide bonds. The van der Waals surface area contributed by atoms with Crippen molar-refractivity contribution in [3.8, 4) is 0 Å². The van der Waals surface area contributed by atoms with Gasteiger partial charge < -0.3 is 15.5 Å². The summed E-state index contributed by atoms with van der Waals surface area (Å²) in [7, 11) is 0. The highest BCUT2D eigenvalue weighted by atomic mass is 16.3. The van der Waals surface area contributed by atoms with Crippen LogP contribution < -0.4 is 11.1 Å². The summed E-state index contributed by atoms with van der Waals surface area (Å²) < 4.78 is 5.50. The summed E-state index contributed by atoms with van der Waals surface area (Å²) in [6.07, 6.45) is 2.27. The monoisotopic (exact) mass is 231 g/mol. The third-order valence-electron chi connectivity index (χ3n) is 3.36. The molecule has 3 rings (SSSR count). The van der Waals surface area contributed by atoms with E-state index in [9.17, 15) is 0 Å². The van der Waals surface area contributed by atoms with Crippen LogP contribution in [0.5, 0.6) is 0 Å². The van der Waals surface area contributed by atoms with Crippen LogP contribution in [-0.4, -0.2) is 17.6 Å². The second kappa shape index (κ2) is 4.04. The van der Waals surface area contributed by atoms with Gasteiger partial charge in [-0.05, 0) is 30.9 Å². The van der Waals surface area contributed by atoms with Gasteiger partial charge in [0.1, 0.15) is 5.52 Å². The van der Waals surface area contributed by atoms with E-state index in [1.54, 1.807) is 0 Å². The van der Waals surface area contributed by atoms with Gasteiger partial charge in [-0.1, -0.05) is 0 Å². The molecule has 0 bridgehead atoms. The lowest BCUT2D eigenvalue weighted by atomic mass is 9.81. The molecular weight excluding hydrogens is 214 g/mol. The van der Waals surface area contributed by atoms with Gasteiger partial charge in [-0.25, -0.2) is 4.98 Å². The van der Waals surface area contributed by atoms with Crippen molar-refractivity contribution in [3.63, 3.8) is 0 Å². The van der Waals surface area contributed by atoms with E-state index in [-0.39, 0.29) is 0 Å². The number of aromatic nitrogens is 1. The SMILES string of the molecule is Cc1nc2ccc(NCC3CC(N)C3)cc2o1. The van der Waals surface area contributed by atoms with E-state index >= 15 is 0 Å². The Hall–Kier alpha value is -1.55. The van der Waals surface area contributed by atoms with Crippen molar-refractivity contribution < 1.29 is 4.42 Å². The van der Waals surface area contributed by atoms with Crippen molar-refractivity contribution in [2.75, 3.05) is 11.9 Å². The highest BCUT2D eigenvalue weighted by Crippen LogP contribution is 2.26. The lowest BCUT2D eigenvalue weighted by Crippen LogP contribution is -2.39. The number of benzene rings is 1. The molecule has 1 aliphatic carbocycles. The molecule has 4 nitrogen and oxygen atoms in total. The Morgan fingerprint density at radius 3 is 3.06 bits per heavy atom. The van der Waals surface area contributed by atoms with Gasteiger partial charge in [0.2, 0.25) is 0 Å². The molecule has 90 valence electrons. The number of anilines is 1. The summed E-state index contributed by atoms with van der Waals surface area (Å²) in [4.78, 5) is 4.28. The van der Waals surface area contributed by atoms with Crippen LogP contribution in [0.4, 0.5) is 5.69 Å². The minimum absolute atomic E-state index is 0.418. The average Bonchev–Trinajstić information content (AvgIpc) is 2.62. The predicted molar refractivity (Wildman–Crippen MR) is 67.9 cm³/mol. The van der Waals surface area contributed by atoms with E-state index < -0.39 is 0 Å². The predicted octanol–water partition coefficient (Wildman–Crippen LogP) is 2.29. The van der Waals surface area contributed by atoms with Gasteiger partial charge in [-0.3, -0.25) is 0 Å². The van der Waals surface area contributed by atoms with Gasteiger partial charge in [-0.2, -0.15) is 0 Å². The Kier molecular flexibility index (Phi) is 2.52. The summed E-state index contributed by atoms with van der Waals surface area (Å²) in [6, 6.07) is 6.46. The summed E-state index contributed by atoms with van der Waals surface area (Å²) in [5, 5.41) is 3.43. The second-order valence-electron chi connectivity index (χ2n) is 4.89. The van der Waals surface area contributed by atoms with Gasteiger partial charge in [0, 0.05) is 31.3 Å². The molecule has 1 heterocycles. The third-order valence-corrected chi connectivity index (χ3v) is 3.36. The van der Waals surface area contributed by atoms with Crippen LogP contribution in [0.3, 0.4) is 0 Å². The third kappa shape index (κ3) is 2.13. The minimum Gasteiger partial charge on any atom is -0.441 e. The van der Waals surface area contributed by atoms with Crippen molar-refractivity contribution in [3.05, 3.63) is 24.1 Å². The van der Waals surface area contributed by atoms with E-state index in [1.807, 2.05) is 25.1 Å². The number of hydrogen-bond donors (Lipinski definition) is 2. The molecular formula is C13H17N3O. The van der Waals surface area contributed by atoms with Crippen LogP contribution in [0.2, 0.25) is 0 Å². The maximum Gasteiger partial charge on any atom is 0.192 e. The Morgan fingerprint density at radius 1 is 1.47 bits per heavy atom. The largest absolute Gasteiger partial charge is 0.441 e. The van der Waals surface area contributed by atoms with Gasteiger partial charge in [0.25, 0.3) is 0 Å². The molecule has 0 radical (unpaired) electrons. The number of oxazole rings is 1. The maximum atomic E-state index is 5.76. The molecule has 0 atom stereocenters. The summed E-state index contributed by atoms with van der Waals surface area (Å²) in [6.45, 7) is 2.86. The summed E-state index contributed by atoms with van der Waals surface area (Å²) >= 11 is 0. The molecule has 3 N–H and O–H groups in total. The topological polar surface area (TPSA) is 64.1 Å². The van der Waals surface area contributed by atoms with E-state index in [4.69, 9.17) is 10.2 Å². The first kappa shape index (κ1) is 10.6. The van der Waals surface area contributed by atoms with Gasteiger partial charge in [0.05, 0.1) is 0 Å². The van der Waals surface area contributed by atoms with Crippen molar-refractivity contribution in [1.82, 2.24) is 4.98 Å². The van der Waals surface area contributed by atoms with Crippen molar-refractivity contribution in [1.29, 1.82) is 0 Å². The van der Waals surface area contributed by atoms with E-state index in [2.05, 4.69) is 10.3 Å². The molecule has 1 saturated carbocycles. The maximum absolute atomic E-state index is 5.76. The van der Waals surface area contributed by atoms with Gasteiger partial charge in [-0.15, -0.1) is 0 Å². The molecule has 2 aromatic rings. The number of hydrogen-bond acceptors (Lipinski definition) is 4. The number of nitrogens with one attached hydrogen (secondary N) is 1. The van der Waals surface area contributed by atoms with Crippen LogP contribution in [0.15, 0.2) is 22.6 Å². The fourth-order valence-corrected chi connectivity index (χ4v) is 2.37. The number of fused-ring (bicyclic) bond motifs is 1. The molecule has 1 aromatic carbocycles. The van der Waals surface area contributed by atoms with Crippen molar-refractivity contribution in [2.24, 2.45) is 11.7 Å². The fourth-order valence-electron chi connectivity index (χ4n) is 2.37. The number of nitrogens with two attached hydrogens (primary N) is 1. The molecule has 0 unspecified atom stereocenters. The van der Waals surface area contributed by atoms with E-state index in [1.165, 1.54) is 0 Å². The Bertz CT molecular complexity index is 528. The highest BCUT2D eigenvalue weighted by Gasteiger charge is 2.25. The summed E-state index contributed by atoms with van der Waals surface area (Å²) in [5.74, 6) is 1.43. The average molecular weight is 231 g/mol. The van der Waals surface area contributed by atoms with Gasteiger partial charge in [0.15, 0.2) is 11.5 Å². The van der Waals surface area contributed by atoms with Crippen LogP contribution in [0, 0.1) is 12.8 Å². The van der Waals surface area contributed by atoms with E-state index in [0.717, 1.165) is 42.1 Å². The Morgan fingerprint density at radius 2 is 2.29 bits per heavy atom. The molecule has 0 saturated heterocycles. The minimum atomic E-state index is 0.418. The first-order chi connectivity index (χ1) is 8.20. The fraction of sp³-hybridized carbons (Fsp3) is 0.462. The van der Waals surface area contributed by atoms with Crippen molar-refractivity contribution in [2.45, 2.75) is 25.8 Å². The quantitative estimate of drug-likeness (QED) is 0.850. The van der Waals surface area contributed by atoms with Crippen LogP contribution in [0.1, 0.15) is 18.7 Å². The zero-order valence-electron chi connectivity index (χ0n) is 9.94. The van der Waals surface area contributed by atoms with Crippen molar-refractivity contribution >= 4 is 16.8 Å². The zero-order chi connectivity index (χ0) is 11.8. The molecule has 0 aliphatic heterocycles. The summed E-state index contributed by atoms with van der Waals surface area (Å²) in [5.41, 5.74) is 8.62. The molecule has 1 aromatic heterocycles. The molecule has 1 fully saturated rings. The number of rotatable bonds is 3. The first-order valence-electron chi connectivity index (χ1n) is 6.07. The van der Waals surface area contributed by atoms with Crippen LogP contribution in [-0.2, 0) is 0 Å². The lowest BCUT2D eigenvalue weighted by molar-refractivity contribution is 0.280. The standard InChI is InChI=1S/C13H17N3O/c1-8-16-12-3-2-11(6-13(12)17-8)15-7-9-4-10(14)5-9/h2-3,6,9-10,15H,4-5,7,14H2,1H3. The lowest BCUT2D eigenvalue weighted by Gasteiger charge is -2.32. The zero-order valence-corrected chi connectivity index (χ0v) is 9.94. The van der Waals surface area contributed by atoms with Gasteiger partial charge >= 0.3 is 0 Å². The Balaban J connectivity index is 1.68. The Labute approximate surface area is 100 Å². The molecule has 0 spiro atoms. The number of nitrogens with zero attached hydrogens (tertiary/aromatic N) is 1. The normalized spacial score (nSPS) is 23.6. The number of aryl methyl sites for hydroxylation is 1. The molecule has 1 aliphatic rings. The second-order valence-corrected chi connectivity index (χ2v) is 4.89. The van der Waals surface area contributed by atoms with E-state index in [0.29, 0.717) is 11.9 Å².